The van der Waals surface area contributed by atoms with Crippen LogP contribution < -0.4 is 5.32 Å². The monoisotopic (exact) mass is 302 g/mol. The van der Waals surface area contributed by atoms with Crippen LogP contribution in [0.5, 0.6) is 0 Å². The lowest BCUT2D eigenvalue weighted by molar-refractivity contribution is -0.142. The molecule has 1 unspecified atom stereocenters. The molecule has 0 saturated carbocycles. The van der Waals surface area contributed by atoms with Crippen LogP contribution in [0.4, 0.5) is 8.78 Å². The number of pyridine rings is 1. The highest BCUT2D eigenvalue weighted by Gasteiger charge is 2.24. The van der Waals surface area contributed by atoms with Crippen LogP contribution in [0.2, 0.25) is 0 Å². The molecule has 7 nitrogen and oxygen atoms in total. The molecule has 9 heteroatoms. The number of carbonyl (C=O) groups is 3. The van der Waals surface area contributed by atoms with Crippen LogP contribution in [0.1, 0.15) is 23.2 Å². The van der Waals surface area contributed by atoms with E-state index in [-0.39, 0.29) is 12.8 Å². The molecule has 1 amide bonds. The summed E-state index contributed by atoms with van der Waals surface area (Å²) >= 11 is 0. The molecule has 1 aromatic heterocycles. The minimum Gasteiger partial charge on any atom is -0.480 e. The highest BCUT2D eigenvalue weighted by Crippen LogP contribution is 2.10. The van der Waals surface area contributed by atoms with Gasteiger partial charge in [-0.2, -0.15) is 4.39 Å². The summed E-state index contributed by atoms with van der Waals surface area (Å²) in [5.74, 6) is -6.14. The number of amides is 1. The molecule has 0 aliphatic heterocycles. The van der Waals surface area contributed by atoms with Gasteiger partial charge in [-0.3, -0.25) is 9.59 Å². The average Bonchev–Trinajstić information content (AvgIpc) is 2.45. The van der Waals surface area contributed by atoms with E-state index in [0.29, 0.717) is 0 Å². The Morgan fingerprint density at radius 3 is 2.67 bits per heavy atom. The largest absolute Gasteiger partial charge is 0.480 e. The second kappa shape index (κ2) is 7.27. The first-order valence-corrected chi connectivity index (χ1v) is 5.77. The Morgan fingerprint density at radius 1 is 1.43 bits per heavy atom. The normalized spacial score (nSPS) is 11.6. The van der Waals surface area contributed by atoms with E-state index in [4.69, 9.17) is 5.11 Å². The number of nitrogens with one attached hydrogen (secondary N) is 1. The fraction of sp³-hybridized carbons (Fsp3) is 0.333. The number of esters is 1. The maximum atomic E-state index is 13.4. The smallest absolute Gasteiger partial charge is 0.326 e. The van der Waals surface area contributed by atoms with Crippen LogP contribution in [-0.4, -0.2) is 41.1 Å². The molecule has 0 fully saturated rings. The van der Waals surface area contributed by atoms with Gasteiger partial charge < -0.3 is 15.2 Å². The number of rotatable bonds is 6. The Morgan fingerprint density at radius 2 is 2.10 bits per heavy atom. The van der Waals surface area contributed by atoms with Crippen molar-refractivity contribution in [2.45, 2.75) is 18.9 Å². The first-order valence-electron chi connectivity index (χ1n) is 5.77. The number of carboxylic acid groups (broad SMARTS) is 1. The second-order valence-electron chi connectivity index (χ2n) is 3.94. The molecule has 0 aromatic carbocycles. The summed E-state index contributed by atoms with van der Waals surface area (Å²) in [7, 11) is 1.13. The van der Waals surface area contributed by atoms with Crippen LogP contribution in [0.15, 0.2) is 12.3 Å². The van der Waals surface area contributed by atoms with Crippen molar-refractivity contribution in [2.75, 3.05) is 7.11 Å². The number of aromatic nitrogens is 1. The Kier molecular flexibility index (Phi) is 5.70. The third-order valence-electron chi connectivity index (χ3n) is 2.56. The highest BCUT2D eigenvalue weighted by molar-refractivity contribution is 5.96. The molecule has 1 rings (SSSR count). The van der Waals surface area contributed by atoms with Crippen LogP contribution in [0, 0.1) is 11.8 Å². The zero-order chi connectivity index (χ0) is 16.0. The Bertz CT molecular complexity index is 565. The van der Waals surface area contributed by atoms with E-state index in [1.807, 2.05) is 5.32 Å². The molecule has 0 bridgehead atoms. The number of carbonyl (C=O) groups excluding carboxylic acids is 2. The third-order valence-corrected chi connectivity index (χ3v) is 2.56. The maximum absolute atomic E-state index is 13.4. The van der Waals surface area contributed by atoms with Gasteiger partial charge in [-0.15, -0.1) is 0 Å². The molecule has 0 aliphatic carbocycles. The molecule has 1 heterocycles. The van der Waals surface area contributed by atoms with Crippen LogP contribution in [0.3, 0.4) is 0 Å². The zero-order valence-electron chi connectivity index (χ0n) is 10.9. The van der Waals surface area contributed by atoms with Crippen molar-refractivity contribution in [3.8, 4) is 0 Å². The number of methoxy groups -OCH3 is 1. The number of nitrogens with zero attached hydrogens (tertiary/aromatic N) is 1. The summed E-state index contributed by atoms with van der Waals surface area (Å²) < 4.78 is 30.6. The van der Waals surface area contributed by atoms with Gasteiger partial charge in [0.05, 0.1) is 12.7 Å². The number of hydrogen-bond donors (Lipinski definition) is 2. The maximum Gasteiger partial charge on any atom is 0.326 e. The van der Waals surface area contributed by atoms with E-state index in [1.165, 1.54) is 0 Å². The molecule has 0 radical (unpaired) electrons. The SMILES string of the molecule is COC(=O)CCC(NC(=O)c1ccnc(F)c1F)C(=O)O. The summed E-state index contributed by atoms with van der Waals surface area (Å²) in [6.07, 6.45) is 0.376. The Labute approximate surface area is 117 Å². The molecule has 114 valence electrons. The first-order chi connectivity index (χ1) is 9.86. The minimum absolute atomic E-state index is 0.247. The molecule has 1 aromatic rings. The molecule has 2 N–H and O–H groups in total. The van der Waals surface area contributed by atoms with Gasteiger partial charge in [-0.05, 0) is 12.5 Å². The third kappa shape index (κ3) is 4.48. The minimum atomic E-state index is -1.48. The van der Waals surface area contributed by atoms with Gasteiger partial charge in [0.1, 0.15) is 6.04 Å². The summed E-state index contributed by atoms with van der Waals surface area (Å²) in [4.78, 5) is 36.6. The van der Waals surface area contributed by atoms with Crippen molar-refractivity contribution in [1.29, 1.82) is 0 Å². The van der Waals surface area contributed by atoms with E-state index >= 15 is 0 Å². The van der Waals surface area contributed by atoms with Gasteiger partial charge in [-0.1, -0.05) is 0 Å². The van der Waals surface area contributed by atoms with Crippen molar-refractivity contribution in [3.63, 3.8) is 0 Å². The molecule has 0 spiro atoms. The van der Waals surface area contributed by atoms with Gasteiger partial charge >= 0.3 is 11.9 Å². The predicted octanol–water partition coefficient (Wildman–Crippen LogP) is 0.496. The molecule has 1 atom stereocenters. The van der Waals surface area contributed by atoms with Gasteiger partial charge in [-0.25, -0.2) is 14.2 Å². The van der Waals surface area contributed by atoms with E-state index in [1.54, 1.807) is 0 Å². The molecule has 0 aliphatic rings. The fourth-order valence-corrected chi connectivity index (χ4v) is 1.45. The Hall–Kier alpha value is -2.58. The standard InChI is InChI=1S/C12H12F2N2O5/c1-21-8(17)3-2-7(12(19)20)16-11(18)6-4-5-15-10(14)9(6)13/h4-5,7H,2-3H2,1H3,(H,16,18)(H,19,20). The van der Waals surface area contributed by atoms with Crippen molar-refractivity contribution in [1.82, 2.24) is 10.3 Å². The van der Waals surface area contributed by atoms with Crippen LogP contribution in [-0.2, 0) is 14.3 Å². The number of carboxylic acids is 1. The van der Waals surface area contributed by atoms with Gasteiger partial charge in [0.2, 0.25) is 5.95 Å². The summed E-state index contributed by atoms with van der Waals surface area (Å²) in [5, 5.41) is 10.9. The lowest BCUT2D eigenvalue weighted by Gasteiger charge is -2.14. The molecule has 0 saturated heterocycles. The van der Waals surface area contributed by atoms with Gasteiger partial charge in [0, 0.05) is 12.6 Å². The van der Waals surface area contributed by atoms with Crippen molar-refractivity contribution in [2.24, 2.45) is 0 Å². The van der Waals surface area contributed by atoms with Gasteiger partial charge in [0.15, 0.2) is 5.82 Å². The topological polar surface area (TPSA) is 106 Å². The Balaban J connectivity index is 2.79. The first kappa shape index (κ1) is 16.5. The van der Waals surface area contributed by atoms with E-state index in [9.17, 15) is 23.2 Å². The summed E-state index contributed by atoms with van der Waals surface area (Å²) in [5.41, 5.74) is -0.674. The average molecular weight is 302 g/mol. The zero-order valence-corrected chi connectivity index (χ0v) is 10.9. The lowest BCUT2D eigenvalue weighted by atomic mass is 10.1. The highest BCUT2D eigenvalue weighted by atomic mass is 19.2. The second-order valence-corrected chi connectivity index (χ2v) is 3.94. The lowest BCUT2D eigenvalue weighted by Crippen LogP contribution is -2.41. The van der Waals surface area contributed by atoms with Crippen molar-refractivity contribution >= 4 is 17.8 Å². The molecule has 21 heavy (non-hydrogen) atoms. The molecular weight excluding hydrogens is 290 g/mol. The van der Waals surface area contributed by atoms with Crippen molar-refractivity contribution in [3.05, 3.63) is 29.6 Å². The van der Waals surface area contributed by atoms with E-state index in [0.717, 1.165) is 19.4 Å². The summed E-state index contributed by atoms with van der Waals surface area (Å²) in [6, 6.07) is -0.528. The number of hydrogen-bond acceptors (Lipinski definition) is 5. The van der Waals surface area contributed by atoms with Crippen LogP contribution in [0.25, 0.3) is 0 Å². The van der Waals surface area contributed by atoms with Crippen molar-refractivity contribution < 1.29 is 33.0 Å². The van der Waals surface area contributed by atoms with Gasteiger partial charge in [0.25, 0.3) is 5.91 Å². The van der Waals surface area contributed by atoms with E-state index < -0.39 is 41.2 Å². The quantitative estimate of drug-likeness (QED) is 0.585. The predicted molar refractivity (Wildman–Crippen MR) is 64.3 cm³/mol. The molecular formula is C12H12F2N2O5. The van der Waals surface area contributed by atoms with Crippen LogP contribution >= 0.6 is 0 Å². The fourth-order valence-electron chi connectivity index (χ4n) is 1.45. The van der Waals surface area contributed by atoms with E-state index in [2.05, 4.69) is 9.72 Å². The number of halogens is 2. The number of aliphatic carboxylic acids is 1. The summed E-state index contributed by atoms with van der Waals surface area (Å²) in [6.45, 7) is 0. The number of ether oxygens (including phenoxy) is 1.